The monoisotopic (exact) mass is 296 g/mol. The Kier molecular flexibility index (Phi) is 4.79. The van der Waals surface area contributed by atoms with Crippen molar-refractivity contribution in [3.05, 3.63) is 18.2 Å². The molecule has 116 valence electrons. The molecule has 1 fully saturated rings. The summed E-state index contributed by atoms with van der Waals surface area (Å²) in [6, 6.07) is -0.740. The van der Waals surface area contributed by atoms with Crippen LogP contribution in [0.1, 0.15) is 12.7 Å². The molecule has 0 aliphatic carbocycles. The molecule has 2 amide bonds. The van der Waals surface area contributed by atoms with Crippen molar-refractivity contribution in [3.8, 4) is 0 Å². The molecule has 8 heteroatoms. The summed E-state index contributed by atoms with van der Waals surface area (Å²) in [5.41, 5.74) is 0. The maximum Gasteiger partial charge on any atom is 0.318 e. The van der Waals surface area contributed by atoms with Crippen molar-refractivity contribution in [1.29, 1.82) is 0 Å². The highest BCUT2D eigenvalue weighted by atomic mass is 16.5. The van der Waals surface area contributed by atoms with Gasteiger partial charge in [0.1, 0.15) is 11.7 Å². The number of imidazole rings is 1. The molecule has 1 aliphatic heterocycles. The quantitative estimate of drug-likeness (QED) is 0.800. The highest BCUT2D eigenvalue weighted by molar-refractivity contribution is 5.77. The molecule has 1 aliphatic rings. The SMILES string of the molecule is CCN(C(=O)NCc1nccn1C)C1COCC1C(=O)O. The van der Waals surface area contributed by atoms with Crippen LogP contribution in [-0.2, 0) is 23.1 Å². The summed E-state index contributed by atoms with van der Waals surface area (Å²) in [7, 11) is 1.84. The number of amides is 2. The molecule has 1 saturated heterocycles. The first-order chi connectivity index (χ1) is 10.0. The molecule has 2 rings (SSSR count). The van der Waals surface area contributed by atoms with E-state index in [4.69, 9.17) is 4.74 Å². The predicted octanol–water partition coefficient (Wildman–Crippen LogP) is 0.0512. The molecule has 0 bridgehead atoms. The third kappa shape index (κ3) is 3.33. The number of likely N-dealkylation sites (N-methyl/N-ethyl adjacent to an activating group) is 1. The van der Waals surface area contributed by atoms with Gasteiger partial charge in [0.2, 0.25) is 0 Å². The van der Waals surface area contributed by atoms with Crippen molar-refractivity contribution in [1.82, 2.24) is 19.8 Å². The molecule has 1 aromatic heterocycles. The molecule has 1 aromatic rings. The fourth-order valence-electron chi connectivity index (χ4n) is 2.44. The minimum atomic E-state index is -0.937. The molecule has 2 heterocycles. The first-order valence-corrected chi connectivity index (χ1v) is 6.85. The Morgan fingerprint density at radius 1 is 1.57 bits per heavy atom. The Morgan fingerprint density at radius 2 is 2.33 bits per heavy atom. The summed E-state index contributed by atoms with van der Waals surface area (Å²) in [5, 5.41) is 11.9. The zero-order valence-electron chi connectivity index (χ0n) is 12.2. The third-order valence-corrected chi connectivity index (χ3v) is 3.69. The van der Waals surface area contributed by atoms with Crippen LogP contribution in [0.15, 0.2) is 12.4 Å². The second-order valence-electron chi connectivity index (χ2n) is 4.95. The second-order valence-corrected chi connectivity index (χ2v) is 4.95. The summed E-state index contributed by atoms with van der Waals surface area (Å²) in [6.45, 7) is 2.93. The molecule has 2 N–H and O–H groups in total. The largest absolute Gasteiger partial charge is 0.481 e. The van der Waals surface area contributed by atoms with Gasteiger partial charge in [0.25, 0.3) is 0 Å². The molecule has 2 atom stereocenters. The molecular weight excluding hydrogens is 276 g/mol. The Labute approximate surface area is 122 Å². The molecule has 0 radical (unpaired) electrons. The van der Waals surface area contributed by atoms with E-state index in [0.29, 0.717) is 13.1 Å². The van der Waals surface area contributed by atoms with Crippen LogP contribution in [0, 0.1) is 5.92 Å². The van der Waals surface area contributed by atoms with Crippen molar-refractivity contribution in [3.63, 3.8) is 0 Å². The van der Waals surface area contributed by atoms with Gasteiger partial charge in [-0.1, -0.05) is 0 Å². The van der Waals surface area contributed by atoms with Crippen LogP contribution < -0.4 is 5.32 Å². The highest BCUT2D eigenvalue weighted by Crippen LogP contribution is 2.20. The van der Waals surface area contributed by atoms with Gasteiger partial charge in [-0.2, -0.15) is 0 Å². The number of hydrogen-bond acceptors (Lipinski definition) is 4. The summed E-state index contributed by atoms with van der Waals surface area (Å²) in [5.74, 6) is -0.881. The number of ether oxygens (including phenoxy) is 1. The Balaban J connectivity index is 1.98. The first kappa shape index (κ1) is 15.3. The molecule has 8 nitrogen and oxygen atoms in total. The van der Waals surface area contributed by atoms with Crippen LogP contribution in [0.25, 0.3) is 0 Å². The fraction of sp³-hybridized carbons (Fsp3) is 0.615. The average Bonchev–Trinajstić information content (AvgIpc) is 3.06. The predicted molar refractivity (Wildman–Crippen MR) is 73.6 cm³/mol. The number of aryl methyl sites for hydroxylation is 1. The van der Waals surface area contributed by atoms with E-state index in [1.165, 1.54) is 4.90 Å². The van der Waals surface area contributed by atoms with E-state index in [9.17, 15) is 14.7 Å². The van der Waals surface area contributed by atoms with Crippen molar-refractivity contribution in [2.24, 2.45) is 13.0 Å². The molecule has 2 unspecified atom stereocenters. The van der Waals surface area contributed by atoms with Gasteiger partial charge in [-0.05, 0) is 6.92 Å². The van der Waals surface area contributed by atoms with Gasteiger partial charge in [-0.25, -0.2) is 9.78 Å². The van der Waals surface area contributed by atoms with Crippen molar-refractivity contribution in [2.75, 3.05) is 19.8 Å². The van der Waals surface area contributed by atoms with Crippen LogP contribution in [-0.4, -0.2) is 57.4 Å². The maximum absolute atomic E-state index is 12.3. The zero-order valence-corrected chi connectivity index (χ0v) is 12.2. The average molecular weight is 296 g/mol. The summed E-state index contributed by atoms with van der Waals surface area (Å²) < 4.78 is 7.03. The Hall–Kier alpha value is -2.09. The van der Waals surface area contributed by atoms with Crippen LogP contribution in [0.3, 0.4) is 0 Å². The number of nitrogens with one attached hydrogen (secondary N) is 1. The summed E-state index contributed by atoms with van der Waals surface area (Å²) >= 11 is 0. The van der Waals surface area contributed by atoms with Crippen LogP contribution in [0.2, 0.25) is 0 Å². The minimum Gasteiger partial charge on any atom is -0.481 e. The minimum absolute atomic E-state index is 0.142. The van der Waals surface area contributed by atoms with Crippen molar-refractivity contribution >= 4 is 12.0 Å². The number of carboxylic acid groups (broad SMARTS) is 1. The molecule has 21 heavy (non-hydrogen) atoms. The van der Waals surface area contributed by atoms with Gasteiger partial charge in [0.15, 0.2) is 0 Å². The smallest absolute Gasteiger partial charge is 0.318 e. The number of carboxylic acids is 1. The standard InChI is InChI=1S/C13H20N4O4/c1-3-17(10-8-21-7-9(10)12(18)19)13(20)15-6-11-14-4-5-16(11)2/h4-5,9-10H,3,6-8H2,1-2H3,(H,15,20)(H,18,19). The maximum atomic E-state index is 12.3. The Bertz CT molecular complexity index is 516. The van der Waals surface area contributed by atoms with E-state index in [2.05, 4.69) is 10.3 Å². The number of aliphatic carboxylic acids is 1. The highest BCUT2D eigenvalue weighted by Gasteiger charge is 2.39. The van der Waals surface area contributed by atoms with E-state index in [1.54, 1.807) is 12.4 Å². The number of nitrogens with zero attached hydrogens (tertiary/aromatic N) is 3. The van der Waals surface area contributed by atoms with Crippen LogP contribution in [0.4, 0.5) is 4.79 Å². The lowest BCUT2D eigenvalue weighted by Gasteiger charge is -2.29. The van der Waals surface area contributed by atoms with Gasteiger partial charge in [0, 0.05) is 26.0 Å². The number of carbonyl (C=O) groups excluding carboxylic acids is 1. The summed E-state index contributed by atoms with van der Waals surface area (Å²) in [6.07, 6.45) is 3.45. The lowest BCUT2D eigenvalue weighted by molar-refractivity contribution is -0.142. The van der Waals surface area contributed by atoms with E-state index in [-0.39, 0.29) is 19.2 Å². The van der Waals surface area contributed by atoms with E-state index >= 15 is 0 Å². The van der Waals surface area contributed by atoms with E-state index in [1.807, 2.05) is 18.5 Å². The Morgan fingerprint density at radius 3 is 2.90 bits per heavy atom. The fourth-order valence-corrected chi connectivity index (χ4v) is 2.44. The topological polar surface area (TPSA) is 96.7 Å². The van der Waals surface area contributed by atoms with Crippen molar-refractivity contribution in [2.45, 2.75) is 19.5 Å². The number of urea groups is 1. The molecule has 0 aromatic carbocycles. The van der Waals surface area contributed by atoms with Crippen LogP contribution >= 0.6 is 0 Å². The lowest BCUT2D eigenvalue weighted by Crippen LogP contribution is -2.50. The molecule has 0 saturated carbocycles. The lowest BCUT2D eigenvalue weighted by atomic mass is 10.0. The first-order valence-electron chi connectivity index (χ1n) is 6.85. The second kappa shape index (κ2) is 6.57. The van der Waals surface area contributed by atoms with Crippen molar-refractivity contribution < 1.29 is 19.4 Å². The van der Waals surface area contributed by atoms with Crippen LogP contribution in [0.5, 0.6) is 0 Å². The van der Waals surface area contributed by atoms with Gasteiger partial charge in [0.05, 0.1) is 25.8 Å². The summed E-state index contributed by atoms with van der Waals surface area (Å²) in [4.78, 5) is 29.1. The van der Waals surface area contributed by atoms with Gasteiger partial charge in [-0.3, -0.25) is 4.79 Å². The third-order valence-electron chi connectivity index (χ3n) is 3.69. The number of carbonyl (C=O) groups is 2. The zero-order chi connectivity index (χ0) is 15.4. The van der Waals surface area contributed by atoms with E-state index in [0.717, 1.165) is 5.82 Å². The van der Waals surface area contributed by atoms with Gasteiger partial charge in [-0.15, -0.1) is 0 Å². The molecule has 0 spiro atoms. The normalized spacial score (nSPS) is 21.2. The number of rotatable bonds is 5. The number of aromatic nitrogens is 2. The van der Waals surface area contributed by atoms with E-state index < -0.39 is 17.9 Å². The number of hydrogen-bond donors (Lipinski definition) is 2. The van der Waals surface area contributed by atoms with Gasteiger partial charge < -0.3 is 24.6 Å². The van der Waals surface area contributed by atoms with Gasteiger partial charge >= 0.3 is 12.0 Å². The molecular formula is C13H20N4O4.